The third kappa shape index (κ3) is 2.82. The van der Waals surface area contributed by atoms with Gasteiger partial charge in [0, 0.05) is 0 Å². The maximum Gasteiger partial charge on any atom is 0.235 e. The van der Waals surface area contributed by atoms with Gasteiger partial charge in [0.1, 0.15) is 0 Å². The molecule has 0 saturated carbocycles. The monoisotopic (exact) mass is 177 g/mol. The number of nitrogens with zero attached hydrogens (tertiary/aromatic N) is 1. The Morgan fingerprint density at radius 3 is 2.09 bits per heavy atom. The van der Waals surface area contributed by atoms with Crippen molar-refractivity contribution in [2.24, 2.45) is 4.99 Å². The fourth-order valence-corrected chi connectivity index (χ4v) is 0.915. The molecule has 0 radical (unpaired) electrons. The summed E-state index contributed by atoms with van der Waals surface area (Å²) >= 11 is 0. The summed E-state index contributed by atoms with van der Waals surface area (Å²) in [6.45, 7) is 4.67. The van der Waals surface area contributed by atoms with Gasteiger partial charge in [-0.25, -0.2) is 13.2 Å². The molecule has 0 aliphatic rings. The van der Waals surface area contributed by atoms with Crippen LogP contribution in [-0.2, 0) is 14.6 Å². The van der Waals surface area contributed by atoms with E-state index in [9.17, 15) is 13.2 Å². The molecule has 0 aliphatic heterocycles. The van der Waals surface area contributed by atoms with Crippen LogP contribution in [0.2, 0.25) is 0 Å². The maximum absolute atomic E-state index is 11.1. The van der Waals surface area contributed by atoms with Crippen molar-refractivity contribution in [1.82, 2.24) is 0 Å². The zero-order chi connectivity index (χ0) is 9.12. The van der Waals surface area contributed by atoms with Gasteiger partial charge in [-0.05, 0) is 20.8 Å². The predicted octanol–water partition coefficient (Wildman–Crippen LogP) is 0.493. The molecule has 0 N–H and O–H groups in total. The van der Waals surface area contributed by atoms with Crippen LogP contribution < -0.4 is 0 Å². The Hall–Kier alpha value is -0.670. The molecular weight excluding hydrogens is 166 g/mol. The van der Waals surface area contributed by atoms with E-state index in [1.165, 1.54) is 6.08 Å². The minimum absolute atomic E-state index is 0.472. The first-order chi connectivity index (χ1) is 4.81. The van der Waals surface area contributed by atoms with Crippen molar-refractivity contribution in [3.05, 3.63) is 0 Å². The minimum Gasteiger partial charge on any atom is -0.226 e. The Bertz CT molecular complexity index is 267. The Morgan fingerprint density at radius 1 is 1.36 bits per heavy atom. The van der Waals surface area contributed by atoms with E-state index >= 15 is 0 Å². The number of aliphatic imine (C=N–C) groups is 1. The second-order valence-corrected chi connectivity index (χ2v) is 5.82. The molecule has 0 amide bonds. The van der Waals surface area contributed by atoms with Crippen LogP contribution in [-0.4, -0.2) is 25.1 Å². The molecule has 0 spiro atoms. The lowest BCUT2D eigenvalue weighted by atomic mass is 10.3. The molecular formula is C6H11NO3S. The van der Waals surface area contributed by atoms with Crippen molar-refractivity contribution in [1.29, 1.82) is 0 Å². The predicted molar refractivity (Wildman–Crippen MR) is 41.7 cm³/mol. The van der Waals surface area contributed by atoms with Crippen LogP contribution in [0.4, 0.5) is 0 Å². The van der Waals surface area contributed by atoms with Crippen molar-refractivity contribution in [3.63, 3.8) is 0 Å². The molecule has 0 saturated heterocycles. The molecule has 0 bridgehead atoms. The van der Waals surface area contributed by atoms with Crippen molar-refractivity contribution >= 4 is 15.9 Å². The molecule has 0 aromatic carbocycles. The summed E-state index contributed by atoms with van der Waals surface area (Å²) in [5, 5.41) is 0. The molecule has 0 rings (SSSR count). The van der Waals surface area contributed by atoms with Gasteiger partial charge in [-0.1, -0.05) is 0 Å². The average molecular weight is 177 g/mol. The molecule has 0 aromatic heterocycles. The third-order valence-electron chi connectivity index (χ3n) is 1.23. The van der Waals surface area contributed by atoms with Crippen molar-refractivity contribution < 1.29 is 13.2 Å². The van der Waals surface area contributed by atoms with Gasteiger partial charge in [0.25, 0.3) is 0 Å². The lowest BCUT2D eigenvalue weighted by molar-refractivity contribution is 0.554. The van der Waals surface area contributed by atoms with Crippen molar-refractivity contribution in [2.75, 3.05) is 5.88 Å². The Balaban J connectivity index is 4.63. The number of isocyanates is 1. The Labute approximate surface area is 66.2 Å². The van der Waals surface area contributed by atoms with Crippen LogP contribution in [0.5, 0.6) is 0 Å². The van der Waals surface area contributed by atoms with E-state index < -0.39 is 20.5 Å². The van der Waals surface area contributed by atoms with E-state index in [1.807, 2.05) is 0 Å². The van der Waals surface area contributed by atoms with Gasteiger partial charge < -0.3 is 0 Å². The smallest absolute Gasteiger partial charge is 0.226 e. The highest BCUT2D eigenvalue weighted by Gasteiger charge is 2.28. The van der Waals surface area contributed by atoms with Gasteiger partial charge in [-0.2, -0.15) is 4.99 Å². The van der Waals surface area contributed by atoms with Gasteiger partial charge in [-0.3, -0.25) is 0 Å². The molecule has 0 atom stereocenters. The molecule has 0 heterocycles. The Kier molecular flexibility index (Phi) is 2.96. The van der Waals surface area contributed by atoms with Gasteiger partial charge in [0.15, 0.2) is 15.7 Å². The summed E-state index contributed by atoms with van der Waals surface area (Å²) in [6, 6.07) is 0. The van der Waals surface area contributed by atoms with E-state index in [1.54, 1.807) is 20.8 Å². The average Bonchev–Trinajstić information content (AvgIpc) is 1.81. The molecule has 0 aliphatic carbocycles. The Morgan fingerprint density at radius 2 is 1.82 bits per heavy atom. The van der Waals surface area contributed by atoms with E-state index in [0.29, 0.717) is 0 Å². The van der Waals surface area contributed by atoms with Gasteiger partial charge in [-0.15, -0.1) is 0 Å². The molecule has 11 heavy (non-hydrogen) atoms. The summed E-state index contributed by atoms with van der Waals surface area (Å²) in [7, 11) is -3.29. The summed E-state index contributed by atoms with van der Waals surface area (Å²) in [5.74, 6) is -0.472. The summed E-state index contributed by atoms with van der Waals surface area (Å²) in [5.41, 5.74) is 0. The first kappa shape index (κ1) is 10.3. The van der Waals surface area contributed by atoms with Crippen LogP contribution in [0, 0.1) is 0 Å². The van der Waals surface area contributed by atoms with Crippen LogP contribution >= 0.6 is 0 Å². The fraction of sp³-hybridized carbons (Fsp3) is 0.833. The second kappa shape index (κ2) is 3.15. The standard InChI is InChI=1S/C6H11NO3S/c1-6(2,3)11(9,10)5-7-4-8/h5H2,1-3H3. The quantitative estimate of drug-likeness (QED) is 0.455. The highest BCUT2D eigenvalue weighted by Crippen LogP contribution is 2.15. The van der Waals surface area contributed by atoms with E-state index in [4.69, 9.17) is 0 Å². The highest BCUT2D eigenvalue weighted by atomic mass is 32.2. The van der Waals surface area contributed by atoms with Crippen LogP contribution in [0.25, 0.3) is 0 Å². The molecule has 4 nitrogen and oxygen atoms in total. The number of rotatable bonds is 2. The molecule has 0 aromatic rings. The number of sulfone groups is 1. The molecule has 64 valence electrons. The van der Waals surface area contributed by atoms with Gasteiger partial charge in [0.2, 0.25) is 6.08 Å². The number of hydrogen-bond donors (Lipinski definition) is 0. The van der Waals surface area contributed by atoms with E-state index in [-0.39, 0.29) is 0 Å². The fourth-order valence-electron chi connectivity index (χ4n) is 0.305. The SMILES string of the molecule is CC(C)(C)S(=O)(=O)CN=C=O. The first-order valence-electron chi connectivity index (χ1n) is 3.07. The van der Waals surface area contributed by atoms with Crippen LogP contribution in [0.3, 0.4) is 0 Å². The summed E-state index contributed by atoms with van der Waals surface area (Å²) in [4.78, 5) is 12.6. The minimum atomic E-state index is -3.29. The summed E-state index contributed by atoms with van der Waals surface area (Å²) < 4.78 is 21.4. The number of hydrogen-bond acceptors (Lipinski definition) is 4. The van der Waals surface area contributed by atoms with Crippen molar-refractivity contribution in [3.8, 4) is 0 Å². The molecule has 5 heteroatoms. The third-order valence-corrected chi connectivity index (χ3v) is 3.57. The zero-order valence-electron chi connectivity index (χ0n) is 6.79. The molecule has 0 fully saturated rings. The van der Waals surface area contributed by atoms with Gasteiger partial charge >= 0.3 is 0 Å². The maximum atomic E-state index is 11.1. The van der Waals surface area contributed by atoms with E-state index in [2.05, 4.69) is 4.99 Å². The number of carbonyl (C=O) groups excluding carboxylic acids is 1. The first-order valence-corrected chi connectivity index (χ1v) is 4.72. The largest absolute Gasteiger partial charge is 0.235 e. The lowest BCUT2D eigenvalue weighted by Gasteiger charge is -2.16. The molecule has 0 unspecified atom stereocenters. The van der Waals surface area contributed by atoms with Crippen LogP contribution in [0.1, 0.15) is 20.8 Å². The van der Waals surface area contributed by atoms with Crippen molar-refractivity contribution in [2.45, 2.75) is 25.5 Å². The zero-order valence-corrected chi connectivity index (χ0v) is 7.60. The van der Waals surface area contributed by atoms with Gasteiger partial charge in [0.05, 0.1) is 4.75 Å². The highest BCUT2D eigenvalue weighted by molar-refractivity contribution is 7.92. The normalized spacial score (nSPS) is 12.3. The van der Waals surface area contributed by atoms with Crippen LogP contribution in [0.15, 0.2) is 4.99 Å². The topological polar surface area (TPSA) is 63.6 Å². The van der Waals surface area contributed by atoms with E-state index in [0.717, 1.165) is 0 Å². The second-order valence-electron chi connectivity index (χ2n) is 3.11. The lowest BCUT2D eigenvalue weighted by Crippen LogP contribution is -2.29. The summed E-state index contributed by atoms with van der Waals surface area (Å²) in [6.07, 6.45) is 1.19.